The standard InChI is InChI=1S/C17H20N6O2S/c1-21(11-15-19-18-14-5-7-25-8-6-23(14)15)17(24)12-10-22(2)20-16(12)13-4-3-9-26-13/h3-4,9-10H,5-8,11H2,1-2H3. The van der Waals surface area contributed by atoms with Crippen LogP contribution in [-0.4, -0.2) is 55.6 Å². The molecule has 4 rings (SSSR count). The molecule has 3 aromatic heterocycles. The first kappa shape index (κ1) is 16.9. The molecule has 0 saturated carbocycles. The summed E-state index contributed by atoms with van der Waals surface area (Å²) >= 11 is 1.57. The van der Waals surface area contributed by atoms with Gasteiger partial charge in [-0.05, 0) is 11.4 Å². The molecular weight excluding hydrogens is 352 g/mol. The van der Waals surface area contributed by atoms with E-state index in [0.29, 0.717) is 37.6 Å². The predicted octanol–water partition coefficient (Wildman–Crippen LogP) is 1.58. The molecule has 0 aromatic carbocycles. The Morgan fingerprint density at radius 3 is 3.08 bits per heavy atom. The predicted molar refractivity (Wildman–Crippen MR) is 96.9 cm³/mol. The number of rotatable bonds is 4. The molecule has 0 unspecified atom stereocenters. The topological polar surface area (TPSA) is 78.1 Å². The van der Waals surface area contributed by atoms with E-state index in [1.165, 1.54) is 0 Å². The maximum Gasteiger partial charge on any atom is 0.257 e. The monoisotopic (exact) mass is 372 g/mol. The summed E-state index contributed by atoms with van der Waals surface area (Å²) in [5.41, 5.74) is 1.31. The summed E-state index contributed by atoms with van der Waals surface area (Å²) in [6.45, 7) is 2.41. The Hall–Kier alpha value is -2.52. The van der Waals surface area contributed by atoms with E-state index in [2.05, 4.69) is 19.9 Å². The molecule has 0 N–H and O–H groups in total. The Morgan fingerprint density at radius 1 is 1.38 bits per heavy atom. The zero-order valence-electron chi connectivity index (χ0n) is 14.8. The SMILES string of the molecule is CN(Cc1nnc2n1CCOCC2)C(=O)c1cn(C)nc1-c1cccs1. The fraction of sp³-hybridized carbons (Fsp3) is 0.412. The lowest BCUT2D eigenvalue weighted by molar-refractivity contribution is 0.0780. The van der Waals surface area contributed by atoms with Gasteiger partial charge in [0.1, 0.15) is 11.5 Å². The molecule has 136 valence electrons. The highest BCUT2D eigenvalue weighted by atomic mass is 32.1. The van der Waals surface area contributed by atoms with Gasteiger partial charge in [0.15, 0.2) is 5.82 Å². The Bertz CT molecular complexity index is 914. The lowest BCUT2D eigenvalue weighted by Gasteiger charge is -2.17. The van der Waals surface area contributed by atoms with Crippen LogP contribution >= 0.6 is 11.3 Å². The van der Waals surface area contributed by atoms with E-state index in [1.54, 1.807) is 34.2 Å². The van der Waals surface area contributed by atoms with Gasteiger partial charge in [0.25, 0.3) is 5.91 Å². The molecule has 26 heavy (non-hydrogen) atoms. The molecule has 1 aliphatic heterocycles. The Kier molecular flexibility index (Phi) is 4.56. The highest BCUT2D eigenvalue weighted by molar-refractivity contribution is 7.13. The van der Waals surface area contributed by atoms with Crippen LogP contribution in [0.25, 0.3) is 10.6 Å². The van der Waals surface area contributed by atoms with Crippen molar-refractivity contribution >= 4 is 17.2 Å². The fourth-order valence-corrected chi connectivity index (χ4v) is 3.81. The number of nitrogens with zero attached hydrogens (tertiary/aromatic N) is 6. The first-order chi connectivity index (χ1) is 12.6. The van der Waals surface area contributed by atoms with Gasteiger partial charge in [-0.2, -0.15) is 5.10 Å². The average molecular weight is 372 g/mol. The van der Waals surface area contributed by atoms with Gasteiger partial charge in [0, 0.05) is 33.3 Å². The molecular formula is C17H20N6O2S. The molecule has 0 bridgehead atoms. The van der Waals surface area contributed by atoms with Gasteiger partial charge in [-0.1, -0.05) is 6.07 Å². The van der Waals surface area contributed by atoms with Crippen LogP contribution in [0, 0.1) is 0 Å². The third-order valence-corrected chi connectivity index (χ3v) is 5.25. The Labute approximate surface area is 155 Å². The van der Waals surface area contributed by atoms with Crippen LogP contribution in [0.15, 0.2) is 23.7 Å². The number of aromatic nitrogens is 5. The quantitative estimate of drug-likeness (QED) is 0.695. The van der Waals surface area contributed by atoms with Gasteiger partial charge in [-0.15, -0.1) is 21.5 Å². The second-order valence-electron chi connectivity index (χ2n) is 6.25. The smallest absolute Gasteiger partial charge is 0.257 e. The fourth-order valence-electron chi connectivity index (χ4n) is 3.08. The van der Waals surface area contributed by atoms with Gasteiger partial charge >= 0.3 is 0 Å². The van der Waals surface area contributed by atoms with E-state index in [4.69, 9.17) is 4.74 Å². The zero-order chi connectivity index (χ0) is 18.1. The minimum absolute atomic E-state index is 0.0799. The third-order valence-electron chi connectivity index (χ3n) is 4.37. The summed E-state index contributed by atoms with van der Waals surface area (Å²) in [6.07, 6.45) is 2.52. The van der Waals surface area contributed by atoms with Crippen molar-refractivity contribution in [2.75, 3.05) is 20.3 Å². The Morgan fingerprint density at radius 2 is 2.27 bits per heavy atom. The van der Waals surface area contributed by atoms with Crippen molar-refractivity contribution in [1.82, 2.24) is 29.4 Å². The van der Waals surface area contributed by atoms with Crippen LogP contribution in [0.4, 0.5) is 0 Å². The first-order valence-corrected chi connectivity index (χ1v) is 9.33. The van der Waals surface area contributed by atoms with E-state index in [1.807, 2.05) is 24.6 Å². The first-order valence-electron chi connectivity index (χ1n) is 8.45. The number of aryl methyl sites for hydroxylation is 1. The average Bonchev–Trinajstić information content (AvgIpc) is 3.32. The molecule has 0 saturated heterocycles. The van der Waals surface area contributed by atoms with Crippen LogP contribution in [0.5, 0.6) is 0 Å². The molecule has 3 aromatic rings. The molecule has 0 fully saturated rings. The molecule has 0 aliphatic carbocycles. The molecule has 1 amide bonds. The van der Waals surface area contributed by atoms with Crippen LogP contribution < -0.4 is 0 Å². The number of carbonyl (C=O) groups excluding carboxylic acids is 1. The van der Waals surface area contributed by atoms with Crippen LogP contribution in [0.1, 0.15) is 22.0 Å². The van der Waals surface area contributed by atoms with Gasteiger partial charge in [-0.3, -0.25) is 9.48 Å². The van der Waals surface area contributed by atoms with E-state index in [9.17, 15) is 4.79 Å². The van der Waals surface area contributed by atoms with E-state index in [-0.39, 0.29) is 5.91 Å². The van der Waals surface area contributed by atoms with Crippen molar-refractivity contribution in [3.63, 3.8) is 0 Å². The van der Waals surface area contributed by atoms with Crippen molar-refractivity contribution in [3.8, 4) is 10.6 Å². The second kappa shape index (κ2) is 7.00. The van der Waals surface area contributed by atoms with Crippen molar-refractivity contribution < 1.29 is 9.53 Å². The van der Waals surface area contributed by atoms with E-state index < -0.39 is 0 Å². The summed E-state index contributed by atoms with van der Waals surface area (Å²) in [4.78, 5) is 15.7. The molecule has 8 nitrogen and oxygen atoms in total. The summed E-state index contributed by atoms with van der Waals surface area (Å²) in [5.74, 6) is 1.62. The number of thiophene rings is 1. The molecule has 0 spiro atoms. The number of amides is 1. The minimum Gasteiger partial charge on any atom is -0.379 e. The molecule has 1 aliphatic rings. The summed E-state index contributed by atoms with van der Waals surface area (Å²) in [7, 11) is 3.61. The van der Waals surface area contributed by atoms with Gasteiger partial charge in [-0.25, -0.2) is 0 Å². The van der Waals surface area contributed by atoms with Crippen LogP contribution in [0.3, 0.4) is 0 Å². The number of ether oxygens (including phenoxy) is 1. The van der Waals surface area contributed by atoms with Crippen LogP contribution in [-0.2, 0) is 31.3 Å². The maximum absolute atomic E-state index is 13.0. The van der Waals surface area contributed by atoms with Crippen molar-refractivity contribution in [2.45, 2.75) is 19.5 Å². The highest BCUT2D eigenvalue weighted by Gasteiger charge is 2.23. The molecule has 0 atom stereocenters. The second-order valence-corrected chi connectivity index (χ2v) is 7.20. The third kappa shape index (κ3) is 3.15. The number of fused-ring (bicyclic) bond motifs is 1. The minimum atomic E-state index is -0.0799. The molecule has 9 heteroatoms. The van der Waals surface area contributed by atoms with E-state index in [0.717, 1.165) is 22.9 Å². The zero-order valence-corrected chi connectivity index (χ0v) is 15.6. The normalized spacial score (nSPS) is 14.1. The van der Waals surface area contributed by atoms with Crippen molar-refractivity contribution in [3.05, 3.63) is 40.9 Å². The summed E-state index contributed by atoms with van der Waals surface area (Å²) in [6, 6.07) is 3.93. The molecule has 4 heterocycles. The Balaban J connectivity index is 1.57. The lowest BCUT2D eigenvalue weighted by atomic mass is 10.2. The van der Waals surface area contributed by atoms with Crippen molar-refractivity contribution in [1.29, 1.82) is 0 Å². The number of carbonyl (C=O) groups is 1. The van der Waals surface area contributed by atoms with Crippen LogP contribution in [0.2, 0.25) is 0 Å². The van der Waals surface area contributed by atoms with Gasteiger partial charge in [0.05, 0.1) is 30.2 Å². The number of hydrogen-bond donors (Lipinski definition) is 0. The maximum atomic E-state index is 13.0. The largest absolute Gasteiger partial charge is 0.379 e. The highest BCUT2D eigenvalue weighted by Crippen LogP contribution is 2.27. The van der Waals surface area contributed by atoms with Gasteiger partial charge in [0.2, 0.25) is 0 Å². The van der Waals surface area contributed by atoms with E-state index >= 15 is 0 Å². The lowest BCUT2D eigenvalue weighted by Crippen LogP contribution is -2.28. The summed E-state index contributed by atoms with van der Waals surface area (Å²) in [5, 5.41) is 15.0. The van der Waals surface area contributed by atoms with Gasteiger partial charge < -0.3 is 14.2 Å². The summed E-state index contributed by atoms with van der Waals surface area (Å²) < 4.78 is 9.23. The molecule has 0 radical (unpaired) electrons. The van der Waals surface area contributed by atoms with Crippen molar-refractivity contribution in [2.24, 2.45) is 7.05 Å². The number of hydrogen-bond acceptors (Lipinski definition) is 6.